The lowest BCUT2D eigenvalue weighted by molar-refractivity contribution is -1.37. The summed E-state index contributed by atoms with van der Waals surface area (Å²) in [4.78, 5) is 19.0. The Balaban J connectivity index is 2.21. The van der Waals surface area contributed by atoms with Crippen molar-refractivity contribution in [3.05, 3.63) is 34.0 Å². The minimum absolute atomic E-state index is 0.0783. The SMILES string of the molecule is O=[N+](O)[N+]1(Cc2ccc(Cl)nc2)C=NCC1. The van der Waals surface area contributed by atoms with Gasteiger partial charge < -0.3 is 0 Å². The average molecular weight is 243 g/mol. The number of aliphatic imine (C=N–C) groups is 1. The van der Waals surface area contributed by atoms with Gasteiger partial charge in [0, 0.05) is 16.4 Å². The van der Waals surface area contributed by atoms with Gasteiger partial charge in [-0.3, -0.25) is 0 Å². The van der Waals surface area contributed by atoms with Crippen LogP contribution in [0.1, 0.15) is 5.56 Å². The largest absolute Gasteiger partial charge is 0.435 e. The molecule has 0 radical (unpaired) electrons. The van der Waals surface area contributed by atoms with E-state index in [0.29, 0.717) is 24.8 Å². The minimum atomic E-state index is -0.247. The molecule has 1 aromatic rings. The second kappa shape index (κ2) is 4.15. The van der Waals surface area contributed by atoms with Crippen LogP contribution in [0.3, 0.4) is 0 Å². The van der Waals surface area contributed by atoms with Gasteiger partial charge in [0.1, 0.15) is 10.1 Å². The van der Waals surface area contributed by atoms with Crippen molar-refractivity contribution in [3.63, 3.8) is 0 Å². The van der Waals surface area contributed by atoms with E-state index in [0.717, 1.165) is 5.56 Å². The monoisotopic (exact) mass is 242 g/mol. The molecule has 1 N–H and O–H groups in total. The molecule has 0 bridgehead atoms. The first kappa shape index (κ1) is 11.0. The van der Waals surface area contributed by atoms with E-state index < -0.39 is 0 Å². The maximum absolute atomic E-state index is 11.1. The number of halogens is 1. The molecular weight excluding hydrogens is 232 g/mol. The molecule has 0 aliphatic carbocycles. The number of rotatable bonds is 3. The van der Waals surface area contributed by atoms with Crippen LogP contribution in [0.5, 0.6) is 0 Å². The Morgan fingerprint density at radius 3 is 2.88 bits per heavy atom. The second-order valence-electron chi connectivity index (χ2n) is 3.63. The summed E-state index contributed by atoms with van der Waals surface area (Å²) in [6, 6.07) is 3.41. The molecule has 16 heavy (non-hydrogen) atoms. The van der Waals surface area contributed by atoms with Crippen molar-refractivity contribution in [1.29, 1.82) is 0 Å². The number of aromatic nitrogens is 1. The van der Waals surface area contributed by atoms with E-state index in [1.54, 1.807) is 18.3 Å². The van der Waals surface area contributed by atoms with E-state index >= 15 is 0 Å². The third-order valence-corrected chi connectivity index (χ3v) is 2.72. The molecule has 2 heterocycles. The Bertz CT molecular complexity index is 434. The molecule has 0 aromatic carbocycles. The van der Waals surface area contributed by atoms with Crippen molar-refractivity contribution in [2.75, 3.05) is 13.1 Å². The summed E-state index contributed by atoms with van der Waals surface area (Å²) < 4.78 is -0.247. The fourth-order valence-corrected chi connectivity index (χ4v) is 1.74. The molecule has 0 fully saturated rings. The summed E-state index contributed by atoms with van der Waals surface area (Å²) in [7, 11) is 0. The van der Waals surface area contributed by atoms with Crippen LogP contribution in [0.25, 0.3) is 0 Å². The van der Waals surface area contributed by atoms with E-state index in [2.05, 4.69) is 9.98 Å². The van der Waals surface area contributed by atoms with Gasteiger partial charge in [0.05, 0.1) is 6.54 Å². The molecule has 1 aromatic heterocycles. The van der Waals surface area contributed by atoms with Crippen LogP contribution < -0.4 is 0 Å². The van der Waals surface area contributed by atoms with Crippen LogP contribution in [0, 0.1) is 4.91 Å². The Morgan fingerprint density at radius 1 is 1.56 bits per heavy atom. The first-order chi connectivity index (χ1) is 7.62. The van der Waals surface area contributed by atoms with E-state index in [9.17, 15) is 4.91 Å². The van der Waals surface area contributed by atoms with Crippen LogP contribution in [-0.4, -0.2) is 39.2 Å². The Labute approximate surface area is 96.9 Å². The predicted octanol–water partition coefficient (Wildman–Crippen LogP) is 1.18. The summed E-state index contributed by atoms with van der Waals surface area (Å²) in [6.07, 6.45) is 3.03. The smallest absolute Gasteiger partial charge is 0.244 e. The van der Waals surface area contributed by atoms with Gasteiger partial charge in [-0.1, -0.05) is 11.6 Å². The van der Waals surface area contributed by atoms with Gasteiger partial charge in [0.15, 0.2) is 13.1 Å². The molecule has 6 nitrogen and oxygen atoms in total. The van der Waals surface area contributed by atoms with Crippen LogP contribution >= 0.6 is 11.6 Å². The standard InChI is InChI=1S/C9H11ClN4O2/c10-9-2-1-8(5-12-9)6-14(13(15)16)4-3-11-7-14/h1-2,5,7H,3-4,6H2,(H,15,16)/q+2. The first-order valence-corrected chi connectivity index (χ1v) is 5.15. The average Bonchev–Trinajstić information content (AvgIpc) is 2.71. The summed E-state index contributed by atoms with van der Waals surface area (Å²) in [5, 5.41) is 9.45. The van der Waals surface area contributed by atoms with Crippen molar-refractivity contribution in [2.45, 2.75) is 6.54 Å². The van der Waals surface area contributed by atoms with Crippen molar-refractivity contribution in [3.8, 4) is 0 Å². The summed E-state index contributed by atoms with van der Waals surface area (Å²) in [6.45, 7) is 1.29. The third-order valence-electron chi connectivity index (χ3n) is 2.50. The molecular formula is C9H11ClN4O2+2. The number of nitrogens with zero attached hydrogens (tertiary/aromatic N) is 4. The van der Waals surface area contributed by atoms with Gasteiger partial charge in [0.2, 0.25) is 0 Å². The molecule has 1 atom stereocenters. The molecule has 0 spiro atoms. The van der Waals surface area contributed by atoms with Gasteiger partial charge in [-0.2, -0.15) is 5.21 Å². The second-order valence-corrected chi connectivity index (χ2v) is 4.02. The van der Waals surface area contributed by atoms with Crippen molar-refractivity contribution < 1.29 is 14.8 Å². The molecule has 0 saturated carbocycles. The Kier molecular flexibility index (Phi) is 2.84. The topological polar surface area (TPSA) is 65.6 Å². The molecule has 7 heteroatoms. The highest BCUT2D eigenvalue weighted by atomic mass is 35.5. The lowest BCUT2D eigenvalue weighted by atomic mass is 10.2. The zero-order valence-corrected chi connectivity index (χ0v) is 9.21. The van der Waals surface area contributed by atoms with E-state index in [1.807, 2.05) is 0 Å². The Hall–Kier alpha value is -1.53. The molecule has 2 rings (SSSR count). The first-order valence-electron chi connectivity index (χ1n) is 4.77. The summed E-state index contributed by atoms with van der Waals surface area (Å²) >= 11 is 5.66. The van der Waals surface area contributed by atoms with Gasteiger partial charge >= 0.3 is 5.03 Å². The minimum Gasteiger partial charge on any atom is -0.244 e. The molecule has 1 aliphatic heterocycles. The zero-order chi connectivity index (χ0) is 11.6. The van der Waals surface area contributed by atoms with Crippen LogP contribution in [0.4, 0.5) is 0 Å². The van der Waals surface area contributed by atoms with E-state index in [4.69, 9.17) is 16.8 Å². The van der Waals surface area contributed by atoms with Gasteiger partial charge in [-0.25, -0.2) is 9.98 Å². The van der Waals surface area contributed by atoms with Gasteiger partial charge in [-0.05, 0) is 12.1 Å². The zero-order valence-electron chi connectivity index (χ0n) is 8.45. The van der Waals surface area contributed by atoms with Crippen molar-refractivity contribution in [2.24, 2.45) is 4.99 Å². The highest BCUT2D eigenvalue weighted by Gasteiger charge is 2.47. The maximum atomic E-state index is 11.1. The molecule has 1 aliphatic rings. The van der Waals surface area contributed by atoms with Crippen molar-refractivity contribution >= 4 is 17.9 Å². The maximum Gasteiger partial charge on any atom is 0.435 e. The Morgan fingerprint density at radius 2 is 2.38 bits per heavy atom. The lowest BCUT2D eigenvalue weighted by Crippen LogP contribution is -2.50. The normalized spacial score (nSPS) is 23.6. The van der Waals surface area contributed by atoms with E-state index in [1.165, 1.54) is 6.34 Å². The molecule has 84 valence electrons. The fraction of sp³-hybridized carbons (Fsp3) is 0.333. The summed E-state index contributed by atoms with van der Waals surface area (Å²) in [5.41, 5.74) is 0.813. The number of pyridine rings is 1. The highest BCUT2D eigenvalue weighted by molar-refractivity contribution is 6.29. The van der Waals surface area contributed by atoms with Crippen LogP contribution in [0.2, 0.25) is 5.15 Å². The third kappa shape index (κ3) is 2.02. The molecule has 0 saturated heterocycles. The lowest BCUT2D eigenvalue weighted by Gasteiger charge is -2.12. The van der Waals surface area contributed by atoms with Gasteiger partial charge in [0.25, 0.3) is 6.34 Å². The van der Waals surface area contributed by atoms with Crippen LogP contribution in [0.15, 0.2) is 23.3 Å². The van der Waals surface area contributed by atoms with Crippen molar-refractivity contribution in [1.82, 2.24) is 4.98 Å². The quantitative estimate of drug-likeness (QED) is 0.492. The van der Waals surface area contributed by atoms with E-state index in [-0.39, 0.29) is 9.62 Å². The fourth-order valence-electron chi connectivity index (χ4n) is 1.62. The predicted molar refractivity (Wildman–Crippen MR) is 56.9 cm³/mol. The molecule has 1 unspecified atom stereocenters. The number of hydrogen-bond donors (Lipinski definition) is 1. The number of hydrogen-bond acceptors (Lipinski definition) is 3. The summed E-state index contributed by atoms with van der Waals surface area (Å²) in [5.74, 6) is 0. The van der Waals surface area contributed by atoms with Gasteiger partial charge in [-0.15, -0.1) is 0 Å². The number of quaternary nitrogens is 1. The molecule has 0 amide bonds. The van der Waals surface area contributed by atoms with Crippen LogP contribution in [-0.2, 0) is 6.54 Å². The highest BCUT2D eigenvalue weighted by Crippen LogP contribution is 2.16.